The Morgan fingerprint density at radius 2 is 2.05 bits per heavy atom. The molecule has 0 bridgehead atoms. The lowest BCUT2D eigenvalue weighted by Gasteiger charge is -2.12. The second-order valence-corrected chi connectivity index (χ2v) is 5.08. The van der Waals surface area contributed by atoms with Crippen molar-refractivity contribution in [3.05, 3.63) is 59.5 Å². The highest BCUT2D eigenvalue weighted by Crippen LogP contribution is 2.27. The highest BCUT2D eigenvalue weighted by molar-refractivity contribution is 5.81. The van der Waals surface area contributed by atoms with Gasteiger partial charge in [0.1, 0.15) is 5.82 Å². The molecule has 5 heteroatoms. The highest BCUT2D eigenvalue weighted by Gasteiger charge is 2.17. The van der Waals surface area contributed by atoms with Crippen LogP contribution in [-0.2, 0) is 13.5 Å². The third kappa shape index (κ3) is 2.48. The van der Waals surface area contributed by atoms with Crippen molar-refractivity contribution in [1.29, 1.82) is 0 Å². The molecule has 3 aromatic rings. The van der Waals surface area contributed by atoms with Gasteiger partial charge in [-0.1, -0.05) is 18.2 Å². The molecule has 1 aromatic heterocycles. The van der Waals surface area contributed by atoms with Crippen LogP contribution in [0.2, 0.25) is 0 Å². The van der Waals surface area contributed by atoms with Crippen LogP contribution in [0.4, 0.5) is 10.1 Å². The van der Waals surface area contributed by atoms with Crippen molar-refractivity contribution in [3.8, 4) is 0 Å². The molecule has 1 heterocycles. The number of para-hydroxylation sites is 1. The van der Waals surface area contributed by atoms with Gasteiger partial charge in [-0.05, 0) is 24.3 Å². The molecule has 0 aliphatic rings. The number of benzene rings is 2. The van der Waals surface area contributed by atoms with Crippen molar-refractivity contribution in [2.75, 3.05) is 5.73 Å². The van der Waals surface area contributed by atoms with Crippen LogP contribution in [0.5, 0.6) is 0 Å². The predicted molar refractivity (Wildman–Crippen MR) is 80.2 cm³/mol. The van der Waals surface area contributed by atoms with Crippen LogP contribution in [0.25, 0.3) is 10.9 Å². The Morgan fingerprint density at radius 3 is 2.86 bits per heavy atom. The maximum absolute atomic E-state index is 13.3. The molecule has 0 aliphatic heterocycles. The lowest BCUT2D eigenvalue weighted by atomic mass is 10.0. The maximum atomic E-state index is 13.3. The van der Waals surface area contributed by atoms with Gasteiger partial charge in [0.05, 0.1) is 17.3 Å². The van der Waals surface area contributed by atoms with Crippen molar-refractivity contribution in [3.63, 3.8) is 0 Å². The number of fused-ring (bicyclic) bond motifs is 1. The number of nitrogens with zero attached hydrogens (tertiary/aromatic N) is 2. The number of nitrogen functional groups attached to an aromatic ring is 1. The summed E-state index contributed by atoms with van der Waals surface area (Å²) in [7, 11) is 1.86. The molecule has 0 fully saturated rings. The summed E-state index contributed by atoms with van der Waals surface area (Å²) in [5.74, 6) is -0.413. The van der Waals surface area contributed by atoms with Gasteiger partial charge in [0, 0.05) is 30.1 Å². The Hall–Kier alpha value is -2.40. The maximum Gasteiger partial charge on any atom is 0.123 e. The van der Waals surface area contributed by atoms with Gasteiger partial charge in [-0.2, -0.15) is 5.10 Å². The van der Waals surface area contributed by atoms with Gasteiger partial charge >= 0.3 is 0 Å². The topological polar surface area (TPSA) is 64.1 Å². The van der Waals surface area contributed by atoms with E-state index < -0.39 is 11.9 Å². The number of aromatic nitrogens is 2. The second-order valence-electron chi connectivity index (χ2n) is 5.08. The Bertz CT molecular complexity index is 797. The summed E-state index contributed by atoms with van der Waals surface area (Å²) in [5.41, 5.74) is 8.34. The summed E-state index contributed by atoms with van der Waals surface area (Å²) >= 11 is 0. The lowest BCUT2D eigenvalue weighted by molar-refractivity contribution is 0.177. The van der Waals surface area contributed by atoms with E-state index in [1.54, 1.807) is 4.68 Å². The van der Waals surface area contributed by atoms with Crippen LogP contribution >= 0.6 is 0 Å². The van der Waals surface area contributed by atoms with Gasteiger partial charge in [-0.15, -0.1) is 0 Å². The van der Waals surface area contributed by atoms with E-state index in [1.165, 1.54) is 18.2 Å². The van der Waals surface area contributed by atoms with E-state index in [-0.39, 0.29) is 6.42 Å². The average molecular weight is 285 g/mol. The molecule has 3 N–H and O–H groups in total. The number of nitrogens with two attached hydrogens (primary N) is 1. The summed E-state index contributed by atoms with van der Waals surface area (Å²) < 4.78 is 15.1. The lowest BCUT2D eigenvalue weighted by Crippen LogP contribution is -2.07. The molecular weight excluding hydrogens is 269 g/mol. The molecule has 1 atom stereocenters. The summed E-state index contributed by atoms with van der Waals surface area (Å²) in [5, 5.41) is 15.8. The van der Waals surface area contributed by atoms with Crippen LogP contribution < -0.4 is 5.73 Å². The van der Waals surface area contributed by atoms with Gasteiger partial charge in [-0.25, -0.2) is 4.39 Å². The summed E-state index contributed by atoms with van der Waals surface area (Å²) in [6.07, 6.45) is -0.603. The molecule has 0 radical (unpaired) electrons. The second kappa shape index (κ2) is 5.18. The van der Waals surface area contributed by atoms with Crippen LogP contribution in [0.1, 0.15) is 17.4 Å². The van der Waals surface area contributed by atoms with Crippen LogP contribution in [0.15, 0.2) is 42.5 Å². The molecule has 0 aliphatic carbocycles. The molecule has 1 unspecified atom stereocenters. The van der Waals surface area contributed by atoms with E-state index in [1.807, 2.05) is 31.3 Å². The number of hydrogen-bond acceptors (Lipinski definition) is 3. The number of hydrogen-bond donors (Lipinski definition) is 2. The fourth-order valence-corrected chi connectivity index (χ4v) is 2.57. The number of rotatable bonds is 3. The van der Waals surface area contributed by atoms with Gasteiger partial charge in [-0.3, -0.25) is 4.68 Å². The Morgan fingerprint density at radius 1 is 1.29 bits per heavy atom. The normalized spacial score (nSPS) is 12.7. The molecule has 0 spiro atoms. The van der Waals surface area contributed by atoms with Crippen LogP contribution in [0.3, 0.4) is 0 Å². The fraction of sp³-hybridized carbons (Fsp3) is 0.188. The SMILES string of the molecule is Cn1nc(CC(O)c2cc(F)ccc2N)c2ccccc21. The Labute approximate surface area is 121 Å². The molecule has 3 rings (SSSR count). The summed E-state index contributed by atoms with van der Waals surface area (Å²) in [6, 6.07) is 11.8. The van der Waals surface area contributed by atoms with E-state index in [0.29, 0.717) is 11.3 Å². The first-order valence-electron chi connectivity index (χ1n) is 6.70. The molecule has 2 aromatic carbocycles. The minimum atomic E-state index is -0.890. The van der Waals surface area contributed by atoms with Gasteiger partial charge in [0.15, 0.2) is 0 Å². The van der Waals surface area contributed by atoms with Crippen molar-refractivity contribution >= 4 is 16.6 Å². The van der Waals surface area contributed by atoms with E-state index in [0.717, 1.165) is 16.6 Å². The summed E-state index contributed by atoms with van der Waals surface area (Å²) in [6.45, 7) is 0. The Balaban J connectivity index is 1.96. The van der Waals surface area contributed by atoms with Crippen LogP contribution in [-0.4, -0.2) is 14.9 Å². The monoisotopic (exact) mass is 285 g/mol. The van der Waals surface area contributed by atoms with Crippen LogP contribution in [0, 0.1) is 5.82 Å². The number of aryl methyl sites for hydroxylation is 1. The number of halogens is 1. The largest absolute Gasteiger partial charge is 0.398 e. The first-order valence-corrected chi connectivity index (χ1v) is 6.70. The summed E-state index contributed by atoms with van der Waals surface area (Å²) in [4.78, 5) is 0. The van der Waals surface area contributed by atoms with Gasteiger partial charge in [0.25, 0.3) is 0 Å². The van der Waals surface area contributed by atoms with E-state index in [4.69, 9.17) is 5.73 Å². The minimum Gasteiger partial charge on any atom is -0.398 e. The first-order chi connectivity index (χ1) is 10.1. The number of aliphatic hydroxyl groups excluding tert-OH is 1. The molecular formula is C16H16FN3O. The third-order valence-corrected chi connectivity index (χ3v) is 3.63. The quantitative estimate of drug-likeness (QED) is 0.727. The molecule has 0 saturated heterocycles. The minimum absolute atomic E-state index is 0.287. The number of anilines is 1. The van der Waals surface area contributed by atoms with E-state index >= 15 is 0 Å². The van der Waals surface area contributed by atoms with Gasteiger partial charge in [0.2, 0.25) is 0 Å². The molecule has 108 valence electrons. The molecule has 0 amide bonds. The average Bonchev–Trinajstić information content (AvgIpc) is 2.78. The fourth-order valence-electron chi connectivity index (χ4n) is 2.57. The standard InChI is InChI=1S/C16H16FN3O/c1-20-15-5-3-2-4-11(15)14(19-20)9-16(21)12-8-10(17)6-7-13(12)18/h2-8,16,21H,9,18H2,1H3. The third-order valence-electron chi connectivity index (χ3n) is 3.63. The zero-order chi connectivity index (χ0) is 15.0. The number of aliphatic hydroxyl groups is 1. The van der Waals surface area contributed by atoms with Crippen molar-refractivity contribution in [1.82, 2.24) is 9.78 Å². The van der Waals surface area contributed by atoms with E-state index in [2.05, 4.69) is 5.10 Å². The van der Waals surface area contributed by atoms with Gasteiger partial charge < -0.3 is 10.8 Å². The first kappa shape index (κ1) is 13.6. The Kier molecular flexibility index (Phi) is 3.35. The van der Waals surface area contributed by atoms with E-state index in [9.17, 15) is 9.50 Å². The highest BCUT2D eigenvalue weighted by atomic mass is 19.1. The van der Waals surface area contributed by atoms with Crippen molar-refractivity contribution in [2.24, 2.45) is 7.05 Å². The smallest absolute Gasteiger partial charge is 0.123 e. The molecule has 4 nitrogen and oxygen atoms in total. The molecule has 21 heavy (non-hydrogen) atoms. The zero-order valence-electron chi connectivity index (χ0n) is 11.6. The van der Waals surface area contributed by atoms with Crippen molar-refractivity contribution < 1.29 is 9.50 Å². The predicted octanol–water partition coefficient (Wildman–Crippen LogP) is 2.57. The zero-order valence-corrected chi connectivity index (χ0v) is 11.6. The van der Waals surface area contributed by atoms with Crippen molar-refractivity contribution in [2.45, 2.75) is 12.5 Å². The molecule has 0 saturated carbocycles.